The summed E-state index contributed by atoms with van der Waals surface area (Å²) in [6.07, 6.45) is 0. The molecule has 2 aliphatic heterocycles. The number of carbonyl (C=O) groups is 3. The van der Waals surface area contributed by atoms with E-state index in [2.05, 4.69) is 10.2 Å². The fourth-order valence-electron chi connectivity index (χ4n) is 4.99. The lowest BCUT2D eigenvalue weighted by Crippen LogP contribution is -2.56. The molecule has 0 bridgehead atoms. The molecule has 8 nitrogen and oxygen atoms in total. The number of likely N-dealkylation sites (N-methyl/N-ethyl adjacent to an activating group) is 1. The molecule has 9 heteroatoms. The lowest BCUT2D eigenvalue weighted by Gasteiger charge is -2.42. The fourth-order valence-corrected chi connectivity index (χ4v) is 5.12. The Balaban J connectivity index is 1.60. The third kappa shape index (κ3) is 5.65. The van der Waals surface area contributed by atoms with E-state index in [-0.39, 0.29) is 24.6 Å². The van der Waals surface area contributed by atoms with Crippen molar-refractivity contribution in [3.05, 3.63) is 81.5 Å². The van der Waals surface area contributed by atoms with Crippen molar-refractivity contribution in [1.82, 2.24) is 20.0 Å². The molecule has 0 spiro atoms. The number of esters is 1. The molecule has 2 aromatic rings. The van der Waals surface area contributed by atoms with Gasteiger partial charge in [-0.25, -0.2) is 9.59 Å². The van der Waals surface area contributed by atoms with Crippen molar-refractivity contribution in [3.8, 4) is 0 Å². The van der Waals surface area contributed by atoms with Crippen LogP contribution in [-0.2, 0) is 9.53 Å². The van der Waals surface area contributed by atoms with Crippen LogP contribution in [0.3, 0.4) is 0 Å². The first-order valence-electron chi connectivity index (χ1n) is 12.5. The van der Waals surface area contributed by atoms with Crippen molar-refractivity contribution in [3.63, 3.8) is 0 Å². The van der Waals surface area contributed by atoms with Crippen LogP contribution in [0.4, 0.5) is 4.79 Å². The number of piperazine rings is 1. The van der Waals surface area contributed by atoms with Crippen LogP contribution in [-0.4, -0.2) is 78.5 Å². The Morgan fingerprint density at radius 3 is 2.46 bits per heavy atom. The third-order valence-corrected chi connectivity index (χ3v) is 7.26. The van der Waals surface area contributed by atoms with E-state index in [0.29, 0.717) is 48.0 Å². The number of rotatable bonds is 6. The van der Waals surface area contributed by atoms with Crippen LogP contribution in [0.25, 0.3) is 0 Å². The summed E-state index contributed by atoms with van der Waals surface area (Å²) in [5, 5.41) is 3.57. The zero-order valence-corrected chi connectivity index (χ0v) is 22.4. The zero-order valence-electron chi connectivity index (χ0n) is 21.7. The smallest absolute Gasteiger partial charge is 0.338 e. The summed E-state index contributed by atoms with van der Waals surface area (Å²) in [4.78, 5) is 44.9. The van der Waals surface area contributed by atoms with E-state index in [0.717, 1.165) is 11.1 Å². The molecular weight excluding hydrogens is 492 g/mol. The summed E-state index contributed by atoms with van der Waals surface area (Å²) in [5.41, 5.74) is 3.48. The number of nitrogens with one attached hydrogen (secondary N) is 1. The zero-order chi connectivity index (χ0) is 26.7. The van der Waals surface area contributed by atoms with Gasteiger partial charge in [-0.1, -0.05) is 35.9 Å². The summed E-state index contributed by atoms with van der Waals surface area (Å²) in [6, 6.07) is 13.7. The van der Waals surface area contributed by atoms with Crippen molar-refractivity contribution >= 4 is 29.5 Å². The summed E-state index contributed by atoms with van der Waals surface area (Å²) >= 11 is 5.98. The topological polar surface area (TPSA) is 82.2 Å². The van der Waals surface area contributed by atoms with Crippen LogP contribution in [0.2, 0.25) is 5.02 Å². The highest BCUT2D eigenvalue weighted by molar-refractivity contribution is 6.30. The molecular formula is C28H33ClN4O4. The second kappa shape index (κ2) is 11.4. The molecule has 1 N–H and O–H groups in total. The summed E-state index contributed by atoms with van der Waals surface area (Å²) < 4.78 is 5.45. The second-order valence-corrected chi connectivity index (χ2v) is 9.90. The Hall–Kier alpha value is -3.36. The highest BCUT2D eigenvalue weighted by atomic mass is 35.5. The van der Waals surface area contributed by atoms with Crippen molar-refractivity contribution in [2.75, 3.05) is 39.8 Å². The number of hydrogen-bond acceptors (Lipinski definition) is 5. The van der Waals surface area contributed by atoms with E-state index in [4.69, 9.17) is 16.3 Å². The molecule has 4 rings (SSSR count). The lowest BCUT2D eigenvalue weighted by atomic mass is 9.91. The fraction of sp³-hybridized carbons (Fsp3) is 0.393. The largest absolute Gasteiger partial charge is 0.463 e. The van der Waals surface area contributed by atoms with Gasteiger partial charge in [0.15, 0.2) is 0 Å². The van der Waals surface area contributed by atoms with Gasteiger partial charge in [0.2, 0.25) is 0 Å². The number of carbonyl (C=O) groups excluding carboxylic acids is 3. The Morgan fingerprint density at radius 2 is 1.81 bits per heavy atom. The number of aryl methyl sites for hydroxylation is 1. The molecule has 37 heavy (non-hydrogen) atoms. The Labute approximate surface area is 222 Å². The molecule has 2 heterocycles. The predicted octanol–water partition coefficient (Wildman–Crippen LogP) is 4.01. The first kappa shape index (κ1) is 26.7. The molecule has 0 aliphatic carbocycles. The average molecular weight is 525 g/mol. The standard InChI is InChI=1S/C28H33ClN4O4/c1-5-37-27(35)24-23(31(4)28(36)30-25(24)22-9-7-6-8-18(22)2)17-32-14-15-33(19(3)16-32)26(34)20-10-12-21(29)13-11-20/h6-13,19,25H,5,14-17H2,1-4H3,(H,30,36)/t19-,25-/m1/s1. The van der Waals surface area contributed by atoms with Gasteiger partial charge in [-0.2, -0.15) is 0 Å². The minimum Gasteiger partial charge on any atom is -0.463 e. The molecule has 3 amide bonds. The summed E-state index contributed by atoms with van der Waals surface area (Å²) in [5.74, 6) is -0.480. The Morgan fingerprint density at radius 1 is 1.11 bits per heavy atom. The molecule has 0 aromatic heterocycles. The van der Waals surface area contributed by atoms with Gasteiger partial charge in [-0.3, -0.25) is 14.6 Å². The number of nitrogens with zero attached hydrogens (tertiary/aromatic N) is 3. The number of amides is 3. The van der Waals surface area contributed by atoms with Crippen LogP contribution in [0.15, 0.2) is 59.8 Å². The average Bonchev–Trinajstić information content (AvgIpc) is 2.87. The number of hydrogen-bond donors (Lipinski definition) is 1. The van der Waals surface area contributed by atoms with Crippen molar-refractivity contribution in [2.45, 2.75) is 32.9 Å². The quantitative estimate of drug-likeness (QED) is 0.577. The van der Waals surface area contributed by atoms with E-state index >= 15 is 0 Å². The van der Waals surface area contributed by atoms with Gasteiger partial charge in [0.25, 0.3) is 5.91 Å². The maximum absolute atomic E-state index is 13.2. The summed E-state index contributed by atoms with van der Waals surface area (Å²) in [7, 11) is 1.67. The molecule has 2 atom stereocenters. The predicted molar refractivity (Wildman–Crippen MR) is 142 cm³/mol. The van der Waals surface area contributed by atoms with Crippen molar-refractivity contribution < 1.29 is 19.1 Å². The highest BCUT2D eigenvalue weighted by Gasteiger charge is 2.38. The third-order valence-electron chi connectivity index (χ3n) is 7.01. The highest BCUT2D eigenvalue weighted by Crippen LogP contribution is 2.33. The van der Waals surface area contributed by atoms with Crippen molar-refractivity contribution in [2.24, 2.45) is 0 Å². The Bertz CT molecular complexity index is 1210. The van der Waals surface area contributed by atoms with E-state index in [1.807, 2.05) is 43.0 Å². The van der Waals surface area contributed by atoms with E-state index in [1.165, 1.54) is 4.90 Å². The molecule has 0 radical (unpaired) electrons. The SMILES string of the molecule is CCOC(=O)C1=C(CN2CCN(C(=O)c3ccc(Cl)cc3)[C@H](C)C2)N(C)C(=O)N[C@@H]1c1ccccc1C. The van der Waals surface area contributed by atoms with Gasteiger partial charge in [-0.15, -0.1) is 0 Å². The van der Waals surface area contributed by atoms with Gasteiger partial charge in [0.05, 0.1) is 18.2 Å². The van der Waals surface area contributed by atoms with E-state index < -0.39 is 12.0 Å². The molecule has 196 valence electrons. The molecule has 0 unspecified atom stereocenters. The van der Waals surface area contributed by atoms with E-state index in [9.17, 15) is 14.4 Å². The van der Waals surface area contributed by atoms with Gasteiger partial charge in [0, 0.05) is 55.6 Å². The minimum atomic E-state index is -0.607. The van der Waals surface area contributed by atoms with Gasteiger partial charge >= 0.3 is 12.0 Å². The van der Waals surface area contributed by atoms with Crippen LogP contribution >= 0.6 is 11.6 Å². The number of halogens is 1. The van der Waals surface area contributed by atoms with Crippen LogP contribution < -0.4 is 5.32 Å². The number of ether oxygens (including phenoxy) is 1. The number of urea groups is 1. The van der Waals surface area contributed by atoms with Crippen LogP contribution in [0, 0.1) is 6.92 Å². The van der Waals surface area contributed by atoms with Crippen molar-refractivity contribution in [1.29, 1.82) is 0 Å². The van der Waals surface area contributed by atoms with Gasteiger partial charge in [-0.05, 0) is 56.2 Å². The lowest BCUT2D eigenvalue weighted by molar-refractivity contribution is -0.139. The first-order valence-corrected chi connectivity index (χ1v) is 12.9. The van der Waals surface area contributed by atoms with Gasteiger partial charge in [0.1, 0.15) is 0 Å². The first-order chi connectivity index (χ1) is 17.7. The Kier molecular flexibility index (Phi) is 8.19. The molecule has 1 fully saturated rings. The second-order valence-electron chi connectivity index (χ2n) is 9.47. The maximum Gasteiger partial charge on any atom is 0.338 e. The normalized spacial score (nSPS) is 20.6. The maximum atomic E-state index is 13.2. The molecule has 2 aliphatic rings. The monoisotopic (exact) mass is 524 g/mol. The summed E-state index contributed by atoms with van der Waals surface area (Å²) in [6.45, 7) is 8.09. The number of benzene rings is 2. The van der Waals surface area contributed by atoms with E-state index in [1.54, 1.807) is 38.2 Å². The minimum absolute atomic E-state index is 0.0379. The molecule has 0 saturated carbocycles. The van der Waals surface area contributed by atoms with Crippen LogP contribution in [0.5, 0.6) is 0 Å². The molecule has 2 aromatic carbocycles. The van der Waals surface area contributed by atoms with Gasteiger partial charge < -0.3 is 15.0 Å². The molecule has 1 saturated heterocycles. The van der Waals surface area contributed by atoms with Crippen LogP contribution in [0.1, 0.15) is 41.4 Å².